The molecule has 7 nitrogen and oxygen atoms in total. The number of hydrogen-bond donors (Lipinski definition) is 2. The highest BCUT2D eigenvalue weighted by Crippen LogP contribution is 2.39. The van der Waals surface area contributed by atoms with Gasteiger partial charge in [-0.15, -0.1) is 0 Å². The average Bonchev–Trinajstić information content (AvgIpc) is 3.03. The first kappa shape index (κ1) is 14.7. The summed E-state index contributed by atoms with van der Waals surface area (Å²) in [6, 6.07) is 1.69. The smallest absolute Gasteiger partial charge is 0.272 e. The van der Waals surface area contributed by atoms with Crippen LogP contribution in [0.1, 0.15) is 67.1 Å². The van der Waals surface area contributed by atoms with Crippen LogP contribution in [0.25, 0.3) is 0 Å². The molecule has 0 spiro atoms. The molecule has 1 saturated carbocycles. The van der Waals surface area contributed by atoms with E-state index in [0.29, 0.717) is 17.5 Å². The van der Waals surface area contributed by atoms with Crippen molar-refractivity contribution in [3.05, 3.63) is 29.6 Å². The summed E-state index contributed by atoms with van der Waals surface area (Å²) in [5.41, 5.74) is 1.50. The third-order valence-corrected chi connectivity index (χ3v) is 3.92. The molecule has 1 amide bonds. The molecular formula is C15H22N6O. The molecule has 2 N–H and O–H groups in total. The number of nitrogens with one attached hydrogen (secondary N) is 2. The Hall–Kier alpha value is -2.18. The summed E-state index contributed by atoms with van der Waals surface area (Å²) < 4.78 is 1.70. The number of rotatable bonds is 6. The van der Waals surface area contributed by atoms with Crippen molar-refractivity contribution >= 4 is 5.91 Å². The van der Waals surface area contributed by atoms with E-state index in [1.165, 1.54) is 19.2 Å². The molecule has 118 valence electrons. The second-order valence-electron chi connectivity index (χ2n) is 6.38. The fourth-order valence-electron chi connectivity index (χ4n) is 2.61. The zero-order chi connectivity index (χ0) is 15.7. The summed E-state index contributed by atoms with van der Waals surface area (Å²) in [5, 5.41) is 14.2. The summed E-state index contributed by atoms with van der Waals surface area (Å²) in [4.78, 5) is 16.7. The normalized spacial score (nSPS) is 16.0. The van der Waals surface area contributed by atoms with Crippen molar-refractivity contribution in [1.82, 2.24) is 30.3 Å². The number of aromatic amines is 1. The summed E-state index contributed by atoms with van der Waals surface area (Å²) in [5.74, 6) is 1.58. The van der Waals surface area contributed by atoms with Crippen molar-refractivity contribution in [2.24, 2.45) is 13.0 Å². The second-order valence-corrected chi connectivity index (χ2v) is 6.38. The van der Waals surface area contributed by atoms with E-state index in [4.69, 9.17) is 0 Å². The Kier molecular flexibility index (Phi) is 3.96. The molecule has 0 saturated heterocycles. The van der Waals surface area contributed by atoms with Crippen LogP contribution in [0, 0.1) is 5.92 Å². The van der Waals surface area contributed by atoms with E-state index in [-0.39, 0.29) is 11.9 Å². The van der Waals surface area contributed by atoms with Gasteiger partial charge in [-0.2, -0.15) is 10.2 Å². The molecule has 1 aliphatic carbocycles. The van der Waals surface area contributed by atoms with Crippen LogP contribution >= 0.6 is 0 Å². The van der Waals surface area contributed by atoms with Gasteiger partial charge in [0.15, 0.2) is 0 Å². The van der Waals surface area contributed by atoms with E-state index in [9.17, 15) is 4.79 Å². The lowest BCUT2D eigenvalue weighted by Gasteiger charge is -2.19. The van der Waals surface area contributed by atoms with Gasteiger partial charge in [-0.1, -0.05) is 13.8 Å². The molecule has 3 rings (SSSR count). The molecule has 0 aliphatic heterocycles. The van der Waals surface area contributed by atoms with Crippen molar-refractivity contribution < 1.29 is 4.79 Å². The third kappa shape index (κ3) is 3.18. The lowest BCUT2D eigenvalue weighted by molar-refractivity contribution is 0.0924. The van der Waals surface area contributed by atoms with Gasteiger partial charge in [0.25, 0.3) is 5.91 Å². The highest BCUT2D eigenvalue weighted by molar-refractivity contribution is 5.92. The Bertz CT molecular complexity index is 655. The third-order valence-electron chi connectivity index (χ3n) is 3.92. The largest absolute Gasteiger partial charge is 0.341 e. The standard InChI is InChI=1S/C15H22N6O/c1-9(2)6-12(14-16-8-17-21(14)3)18-15(22)13-7-11(19-20-13)10-4-5-10/h7-10,12H,4-6H2,1-3H3,(H,18,22)(H,19,20)/t12-/m1/s1. The Morgan fingerprint density at radius 3 is 2.86 bits per heavy atom. The van der Waals surface area contributed by atoms with Gasteiger partial charge in [0.1, 0.15) is 17.8 Å². The summed E-state index contributed by atoms with van der Waals surface area (Å²) in [6.07, 6.45) is 4.67. The van der Waals surface area contributed by atoms with Gasteiger partial charge in [0, 0.05) is 18.7 Å². The van der Waals surface area contributed by atoms with Gasteiger partial charge in [0.2, 0.25) is 0 Å². The van der Waals surface area contributed by atoms with Crippen molar-refractivity contribution in [2.75, 3.05) is 0 Å². The molecule has 0 bridgehead atoms. The van der Waals surface area contributed by atoms with Gasteiger partial charge < -0.3 is 5.32 Å². The molecule has 2 aromatic rings. The number of hydrogen-bond acceptors (Lipinski definition) is 4. The number of amides is 1. The maximum atomic E-state index is 12.4. The molecule has 1 fully saturated rings. The van der Waals surface area contributed by atoms with Crippen LogP contribution < -0.4 is 5.32 Å². The molecule has 2 heterocycles. The van der Waals surface area contributed by atoms with Crippen molar-refractivity contribution in [3.63, 3.8) is 0 Å². The molecule has 0 unspecified atom stereocenters. The molecule has 0 aromatic carbocycles. The predicted octanol–water partition coefficient (Wildman–Crippen LogP) is 1.93. The molecule has 1 aliphatic rings. The highest BCUT2D eigenvalue weighted by atomic mass is 16.2. The van der Waals surface area contributed by atoms with E-state index in [1.54, 1.807) is 4.68 Å². The fraction of sp³-hybridized carbons (Fsp3) is 0.600. The summed E-state index contributed by atoms with van der Waals surface area (Å²) >= 11 is 0. The quantitative estimate of drug-likeness (QED) is 0.853. The van der Waals surface area contributed by atoms with E-state index < -0.39 is 0 Å². The number of carbonyl (C=O) groups is 1. The van der Waals surface area contributed by atoms with Gasteiger partial charge in [-0.05, 0) is 31.2 Å². The minimum Gasteiger partial charge on any atom is -0.341 e. The Morgan fingerprint density at radius 1 is 1.50 bits per heavy atom. The zero-order valence-corrected chi connectivity index (χ0v) is 13.2. The fourth-order valence-corrected chi connectivity index (χ4v) is 2.61. The number of aromatic nitrogens is 5. The van der Waals surface area contributed by atoms with Gasteiger partial charge >= 0.3 is 0 Å². The summed E-state index contributed by atoms with van der Waals surface area (Å²) in [7, 11) is 1.83. The maximum absolute atomic E-state index is 12.4. The van der Waals surface area contributed by atoms with Gasteiger partial charge in [-0.25, -0.2) is 4.98 Å². The van der Waals surface area contributed by atoms with E-state index in [0.717, 1.165) is 17.9 Å². The van der Waals surface area contributed by atoms with Crippen molar-refractivity contribution in [1.29, 1.82) is 0 Å². The molecule has 7 heteroatoms. The maximum Gasteiger partial charge on any atom is 0.272 e. The molecule has 22 heavy (non-hydrogen) atoms. The lowest BCUT2D eigenvalue weighted by Crippen LogP contribution is -2.31. The SMILES string of the molecule is CC(C)C[C@@H](NC(=O)c1cc(C2CC2)[nH]n1)c1ncnn1C. The number of carbonyl (C=O) groups excluding carboxylic acids is 1. The van der Waals surface area contributed by atoms with Crippen LogP contribution in [0.5, 0.6) is 0 Å². The number of H-pyrrole nitrogens is 1. The summed E-state index contributed by atoms with van der Waals surface area (Å²) in [6.45, 7) is 4.24. The average molecular weight is 302 g/mol. The van der Waals surface area contributed by atoms with E-state index in [1.807, 2.05) is 13.1 Å². The van der Waals surface area contributed by atoms with Crippen LogP contribution in [0.3, 0.4) is 0 Å². The minimum absolute atomic E-state index is 0.166. The number of aryl methyl sites for hydroxylation is 1. The Labute approximate surface area is 129 Å². The first-order valence-electron chi connectivity index (χ1n) is 7.74. The topological polar surface area (TPSA) is 88.5 Å². The molecule has 1 atom stereocenters. The molecule has 0 radical (unpaired) electrons. The van der Waals surface area contributed by atoms with Crippen LogP contribution in [0.15, 0.2) is 12.4 Å². The zero-order valence-electron chi connectivity index (χ0n) is 13.2. The Morgan fingerprint density at radius 2 is 2.27 bits per heavy atom. The van der Waals surface area contributed by atoms with Crippen LogP contribution in [-0.2, 0) is 7.05 Å². The lowest BCUT2D eigenvalue weighted by atomic mass is 10.0. The monoisotopic (exact) mass is 302 g/mol. The highest BCUT2D eigenvalue weighted by Gasteiger charge is 2.27. The van der Waals surface area contributed by atoms with E-state index in [2.05, 4.69) is 39.4 Å². The van der Waals surface area contributed by atoms with Crippen molar-refractivity contribution in [2.45, 2.75) is 45.1 Å². The van der Waals surface area contributed by atoms with Crippen LogP contribution in [0.4, 0.5) is 0 Å². The van der Waals surface area contributed by atoms with Crippen molar-refractivity contribution in [3.8, 4) is 0 Å². The van der Waals surface area contributed by atoms with Gasteiger partial charge in [0.05, 0.1) is 6.04 Å². The first-order valence-corrected chi connectivity index (χ1v) is 7.74. The minimum atomic E-state index is -0.170. The number of nitrogens with zero attached hydrogens (tertiary/aromatic N) is 4. The first-order chi connectivity index (χ1) is 10.5. The van der Waals surface area contributed by atoms with Crippen LogP contribution in [0.2, 0.25) is 0 Å². The van der Waals surface area contributed by atoms with Crippen LogP contribution in [-0.4, -0.2) is 30.9 Å². The Balaban J connectivity index is 1.74. The predicted molar refractivity (Wildman–Crippen MR) is 81.2 cm³/mol. The molecular weight excluding hydrogens is 280 g/mol. The second kappa shape index (κ2) is 5.90. The molecule has 2 aromatic heterocycles. The van der Waals surface area contributed by atoms with E-state index >= 15 is 0 Å². The van der Waals surface area contributed by atoms with Gasteiger partial charge in [-0.3, -0.25) is 14.6 Å².